The Morgan fingerprint density at radius 1 is 1.21 bits per heavy atom. The van der Waals surface area contributed by atoms with Gasteiger partial charge in [-0.05, 0) is 24.6 Å². The molecule has 0 saturated carbocycles. The van der Waals surface area contributed by atoms with E-state index in [1.165, 1.54) is 17.1 Å². The van der Waals surface area contributed by atoms with Gasteiger partial charge in [0.2, 0.25) is 5.95 Å². The summed E-state index contributed by atoms with van der Waals surface area (Å²) in [4.78, 5) is 19.7. The number of aryl methyl sites for hydroxylation is 1. The summed E-state index contributed by atoms with van der Waals surface area (Å²) in [5.41, 5.74) is 5.07. The molecule has 3 rings (SSSR count). The van der Waals surface area contributed by atoms with Gasteiger partial charge in [-0.1, -0.05) is 30.3 Å². The van der Waals surface area contributed by atoms with E-state index >= 15 is 0 Å². The van der Waals surface area contributed by atoms with Crippen LogP contribution in [0.15, 0.2) is 61.1 Å². The van der Waals surface area contributed by atoms with Crippen molar-refractivity contribution in [2.45, 2.75) is 13.5 Å². The van der Waals surface area contributed by atoms with E-state index in [4.69, 9.17) is 5.21 Å². The molecule has 1 amide bonds. The molecule has 1 aromatic carbocycles. The largest absolute Gasteiger partial charge is 0.348 e. The fourth-order valence-electron chi connectivity index (χ4n) is 2.44. The topological polar surface area (TPSA) is 92.1 Å². The summed E-state index contributed by atoms with van der Waals surface area (Å²) in [6, 6.07) is 12.2. The Bertz CT molecular complexity index is 929. The van der Waals surface area contributed by atoms with Gasteiger partial charge in [0.15, 0.2) is 0 Å². The molecule has 3 aromatic rings. The molecule has 2 heterocycles. The van der Waals surface area contributed by atoms with Gasteiger partial charge in [0.25, 0.3) is 5.91 Å². The molecule has 0 atom stereocenters. The summed E-state index contributed by atoms with van der Waals surface area (Å²) in [6.07, 6.45) is 8.36. The van der Waals surface area contributed by atoms with Gasteiger partial charge in [-0.2, -0.15) is 0 Å². The summed E-state index contributed by atoms with van der Waals surface area (Å²) in [5, 5.41) is 11.7. The zero-order valence-corrected chi connectivity index (χ0v) is 16.7. The summed E-state index contributed by atoms with van der Waals surface area (Å²) < 4.78 is 2.08. The first kappa shape index (κ1) is 23.2. The van der Waals surface area contributed by atoms with Crippen molar-refractivity contribution in [1.29, 1.82) is 0 Å². The van der Waals surface area contributed by atoms with Crippen molar-refractivity contribution >= 4 is 48.4 Å². The van der Waals surface area contributed by atoms with E-state index in [1.54, 1.807) is 12.3 Å². The lowest BCUT2D eigenvalue weighted by atomic mass is 10.2. The maximum atomic E-state index is 11.0. The highest BCUT2D eigenvalue weighted by molar-refractivity contribution is 5.90. The Morgan fingerprint density at radius 3 is 2.64 bits per heavy atom. The Kier molecular flexibility index (Phi) is 9.17. The van der Waals surface area contributed by atoms with Crippen molar-refractivity contribution in [3.05, 3.63) is 77.9 Å². The molecule has 28 heavy (non-hydrogen) atoms. The highest BCUT2D eigenvalue weighted by Crippen LogP contribution is 2.16. The van der Waals surface area contributed by atoms with E-state index in [0.29, 0.717) is 17.2 Å². The van der Waals surface area contributed by atoms with Crippen LogP contribution < -0.4 is 10.8 Å². The molecule has 0 bridgehead atoms. The SMILES string of the molecule is Cc1nc(Nc2ccn(Cc3ccccc3)c2)ncc1/C=C/C(=O)NO.Cl.Cl. The number of halogens is 2. The Labute approximate surface area is 175 Å². The predicted octanol–water partition coefficient (Wildman–Crippen LogP) is 3.74. The summed E-state index contributed by atoms with van der Waals surface area (Å²) in [5.74, 6) is -0.130. The number of aromatic nitrogens is 3. The second-order valence-electron chi connectivity index (χ2n) is 5.73. The second kappa shape index (κ2) is 11.1. The molecule has 0 unspecified atom stereocenters. The van der Waals surface area contributed by atoms with Gasteiger partial charge < -0.3 is 9.88 Å². The monoisotopic (exact) mass is 421 g/mol. The molecule has 0 fully saturated rings. The molecule has 0 aliphatic rings. The number of benzene rings is 1. The van der Waals surface area contributed by atoms with E-state index in [0.717, 1.165) is 12.2 Å². The summed E-state index contributed by atoms with van der Waals surface area (Å²) in [7, 11) is 0. The number of carbonyl (C=O) groups is 1. The van der Waals surface area contributed by atoms with Crippen molar-refractivity contribution in [1.82, 2.24) is 20.0 Å². The molecule has 0 radical (unpaired) electrons. The highest BCUT2D eigenvalue weighted by atomic mass is 35.5. The number of anilines is 2. The number of hydroxylamine groups is 1. The Hall–Kier alpha value is -2.87. The van der Waals surface area contributed by atoms with Crippen molar-refractivity contribution < 1.29 is 10.0 Å². The van der Waals surface area contributed by atoms with E-state index in [9.17, 15) is 4.79 Å². The third-order valence-electron chi connectivity index (χ3n) is 3.76. The summed E-state index contributed by atoms with van der Waals surface area (Å²) in [6.45, 7) is 2.61. The summed E-state index contributed by atoms with van der Waals surface area (Å²) >= 11 is 0. The van der Waals surface area contributed by atoms with Gasteiger partial charge >= 0.3 is 0 Å². The van der Waals surface area contributed by atoms with Crippen molar-refractivity contribution in [3.8, 4) is 0 Å². The number of hydrogen-bond donors (Lipinski definition) is 3. The molecular formula is C19H21Cl2N5O2. The average Bonchev–Trinajstić information content (AvgIpc) is 3.08. The zero-order valence-electron chi connectivity index (χ0n) is 15.1. The van der Waals surface area contributed by atoms with E-state index < -0.39 is 5.91 Å². The molecule has 148 valence electrons. The van der Waals surface area contributed by atoms with Crippen LogP contribution in [0.4, 0.5) is 11.6 Å². The van der Waals surface area contributed by atoms with Crippen LogP contribution in [0.3, 0.4) is 0 Å². The molecular weight excluding hydrogens is 401 g/mol. The number of rotatable bonds is 6. The third kappa shape index (κ3) is 6.38. The van der Waals surface area contributed by atoms with Gasteiger partial charge in [-0.25, -0.2) is 15.4 Å². The normalized spacial score (nSPS) is 10.1. The molecule has 0 saturated heterocycles. The average molecular weight is 422 g/mol. The minimum absolute atomic E-state index is 0. The van der Waals surface area contributed by atoms with Crippen LogP contribution in [-0.2, 0) is 11.3 Å². The molecule has 2 aromatic heterocycles. The lowest BCUT2D eigenvalue weighted by molar-refractivity contribution is -0.124. The Balaban J connectivity index is 0.00000196. The first-order valence-electron chi connectivity index (χ1n) is 8.06. The van der Waals surface area contributed by atoms with Crippen LogP contribution >= 0.6 is 24.8 Å². The molecule has 0 aliphatic heterocycles. The first-order chi connectivity index (χ1) is 12.6. The maximum Gasteiger partial charge on any atom is 0.267 e. The first-order valence-corrected chi connectivity index (χ1v) is 8.06. The van der Waals surface area contributed by atoms with Crippen LogP contribution in [0.5, 0.6) is 0 Å². The fraction of sp³-hybridized carbons (Fsp3) is 0.105. The predicted molar refractivity (Wildman–Crippen MR) is 113 cm³/mol. The minimum atomic E-state index is -0.605. The van der Waals surface area contributed by atoms with Crippen LogP contribution in [-0.4, -0.2) is 25.6 Å². The fourth-order valence-corrected chi connectivity index (χ4v) is 2.44. The lowest BCUT2D eigenvalue weighted by Crippen LogP contribution is -2.14. The van der Waals surface area contributed by atoms with E-state index in [-0.39, 0.29) is 24.8 Å². The molecule has 3 N–H and O–H groups in total. The smallest absolute Gasteiger partial charge is 0.267 e. The molecule has 7 nitrogen and oxygen atoms in total. The number of carbonyl (C=O) groups excluding carboxylic acids is 1. The van der Waals surface area contributed by atoms with Crippen molar-refractivity contribution in [2.75, 3.05) is 5.32 Å². The van der Waals surface area contributed by atoms with Crippen LogP contribution in [0.1, 0.15) is 16.8 Å². The van der Waals surface area contributed by atoms with Crippen LogP contribution in [0.25, 0.3) is 6.08 Å². The number of hydrogen-bond acceptors (Lipinski definition) is 5. The van der Waals surface area contributed by atoms with E-state index in [2.05, 4.69) is 32.0 Å². The quantitative estimate of drug-likeness (QED) is 0.320. The minimum Gasteiger partial charge on any atom is -0.348 e. The number of amides is 1. The zero-order chi connectivity index (χ0) is 18.4. The number of nitrogens with one attached hydrogen (secondary N) is 2. The molecule has 0 spiro atoms. The molecule has 9 heteroatoms. The van der Waals surface area contributed by atoms with Gasteiger partial charge in [0, 0.05) is 36.8 Å². The lowest BCUT2D eigenvalue weighted by Gasteiger charge is -2.05. The van der Waals surface area contributed by atoms with Gasteiger partial charge in [-0.3, -0.25) is 10.0 Å². The molecule has 0 aliphatic carbocycles. The maximum absolute atomic E-state index is 11.0. The van der Waals surface area contributed by atoms with Crippen molar-refractivity contribution in [3.63, 3.8) is 0 Å². The number of nitrogens with zero attached hydrogens (tertiary/aromatic N) is 3. The Morgan fingerprint density at radius 2 is 1.96 bits per heavy atom. The van der Waals surface area contributed by atoms with Crippen LogP contribution in [0, 0.1) is 6.92 Å². The van der Waals surface area contributed by atoms with Gasteiger partial charge in [-0.15, -0.1) is 24.8 Å². The van der Waals surface area contributed by atoms with Gasteiger partial charge in [0.1, 0.15) is 0 Å². The standard InChI is InChI=1S/C19H19N5O2.2ClH/c1-14-16(7-8-18(25)23-26)11-20-19(21-14)22-17-9-10-24(13-17)12-15-5-3-2-4-6-15;;/h2-11,13,26H,12H2,1H3,(H,23,25)(H,20,21,22);2*1H/b8-7+;;. The van der Waals surface area contributed by atoms with Gasteiger partial charge in [0.05, 0.1) is 11.4 Å². The van der Waals surface area contributed by atoms with Crippen LogP contribution in [0.2, 0.25) is 0 Å². The highest BCUT2D eigenvalue weighted by Gasteiger charge is 2.04. The third-order valence-corrected chi connectivity index (χ3v) is 3.76. The van der Waals surface area contributed by atoms with Crippen molar-refractivity contribution in [2.24, 2.45) is 0 Å². The second-order valence-corrected chi connectivity index (χ2v) is 5.73. The van der Waals surface area contributed by atoms with E-state index in [1.807, 2.05) is 43.6 Å².